The van der Waals surface area contributed by atoms with Crippen molar-refractivity contribution in [2.24, 2.45) is 0 Å². The van der Waals surface area contributed by atoms with Gasteiger partial charge in [0.1, 0.15) is 11.4 Å². The molecule has 0 saturated carbocycles. The third kappa shape index (κ3) is 5.89. The molecule has 0 aliphatic carbocycles. The van der Waals surface area contributed by atoms with Gasteiger partial charge in [0.25, 0.3) is 17.5 Å². The summed E-state index contributed by atoms with van der Waals surface area (Å²) in [5.74, 6) is -1.45. The summed E-state index contributed by atoms with van der Waals surface area (Å²) in [6.45, 7) is 1.28. The number of non-ortho nitro benzene ring substituents is 1. The van der Waals surface area contributed by atoms with E-state index in [9.17, 15) is 24.5 Å². The third-order valence-electron chi connectivity index (χ3n) is 4.03. The summed E-state index contributed by atoms with van der Waals surface area (Å²) in [7, 11) is 0. The van der Waals surface area contributed by atoms with Crippen molar-refractivity contribution in [3.63, 3.8) is 0 Å². The zero-order valence-electron chi connectivity index (χ0n) is 16.7. The van der Waals surface area contributed by atoms with Crippen LogP contribution in [0.5, 0.6) is 5.75 Å². The molecule has 0 bridgehead atoms. The molecule has 0 aliphatic heterocycles. The number of furan rings is 1. The number of benzene rings is 2. The lowest BCUT2D eigenvalue weighted by molar-refractivity contribution is -0.384. The van der Waals surface area contributed by atoms with E-state index in [0.29, 0.717) is 17.0 Å². The lowest BCUT2D eigenvalue weighted by Crippen LogP contribution is -2.30. The van der Waals surface area contributed by atoms with Crippen molar-refractivity contribution in [2.45, 2.75) is 6.92 Å². The van der Waals surface area contributed by atoms with Gasteiger partial charge in [-0.25, -0.2) is 0 Å². The highest BCUT2D eigenvalue weighted by Gasteiger charge is 2.17. The standard InChI is InChI=1S/C22H17N3O7/c1-14(26)32-18-10-4-15(5-11-18)13-19(24-22(28)20-3-2-12-31-20)21(27)23-16-6-8-17(9-7-16)25(29)30/h2-13H,1H3,(H,23,27)(H,24,28). The van der Waals surface area contributed by atoms with E-state index in [-0.39, 0.29) is 17.1 Å². The fourth-order valence-corrected chi connectivity index (χ4v) is 2.58. The van der Waals surface area contributed by atoms with Gasteiger partial charge in [0.2, 0.25) is 0 Å². The molecular formula is C22H17N3O7. The Morgan fingerprint density at radius 1 is 1.03 bits per heavy atom. The molecule has 3 rings (SSSR count). The molecule has 2 N–H and O–H groups in total. The molecule has 0 fully saturated rings. The predicted octanol–water partition coefficient (Wildman–Crippen LogP) is 3.52. The Morgan fingerprint density at radius 2 is 1.72 bits per heavy atom. The Balaban J connectivity index is 1.84. The van der Waals surface area contributed by atoms with E-state index in [1.54, 1.807) is 12.1 Å². The molecule has 0 spiro atoms. The van der Waals surface area contributed by atoms with Crippen LogP contribution in [0.25, 0.3) is 6.08 Å². The van der Waals surface area contributed by atoms with Gasteiger partial charge < -0.3 is 19.8 Å². The highest BCUT2D eigenvalue weighted by molar-refractivity contribution is 6.10. The predicted molar refractivity (Wildman–Crippen MR) is 114 cm³/mol. The number of nitrogens with one attached hydrogen (secondary N) is 2. The molecule has 0 unspecified atom stereocenters. The van der Waals surface area contributed by atoms with Crippen molar-refractivity contribution in [3.05, 3.63) is 94.1 Å². The van der Waals surface area contributed by atoms with E-state index in [1.807, 2.05) is 0 Å². The number of nitro benzene ring substituents is 1. The van der Waals surface area contributed by atoms with Gasteiger partial charge in [-0.3, -0.25) is 24.5 Å². The number of esters is 1. The molecule has 10 nitrogen and oxygen atoms in total. The van der Waals surface area contributed by atoms with Crippen molar-refractivity contribution >= 4 is 35.2 Å². The van der Waals surface area contributed by atoms with Crippen LogP contribution in [0, 0.1) is 10.1 Å². The number of hydrogen-bond donors (Lipinski definition) is 2. The lowest BCUT2D eigenvalue weighted by Gasteiger charge is -2.10. The highest BCUT2D eigenvalue weighted by atomic mass is 16.6. The summed E-state index contributed by atoms with van der Waals surface area (Å²) in [5.41, 5.74) is 0.598. The molecule has 1 aromatic heterocycles. The lowest BCUT2D eigenvalue weighted by atomic mass is 10.1. The Kier molecular flexibility index (Phi) is 6.76. The number of rotatable bonds is 7. The number of carbonyl (C=O) groups excluding carboxylic acids is 3. The molecule has 0 radical (unpaired) electrons. The Hall–Kier alpha value is -4.73. The van der Waals surface area contributed by atoms with Gasteiger partial charge in [-0.1, -0.05) is 12.1 Å². The quantitative estimate of drug-likeness (QED) is 0.190. The molecular weight excluding hydrogens is 418 g/mol. The van der Waals surface area contributed by atoms with Gasteiger partial charge >= 0.3 is 5.97 Å². The summed E-state index contributed by atoms with van der Waals surface area (Å²) < 4.78 is 10.0. The second kappa shape index (κ2) is 9.85. The molecule has 3 aromatic rings. The molecule has 2 amide bonds. The number of nitrogens with zero attached hydrogens (tertiary/aromatic N) is 1. The molecule has 32 heavy (non-hydrogen) atoms. The molecule has 0 saturated heterocycles. The van der Waals surface area contributed by atoms with Gasteiger partial charge in [-0.15, -0.1) is 0 Å². The highest BCUT2D eigenvalue weighted by Crippen LogP contribution is 2.18. The number of carbonyl (C=O) groups is 3. The van der Waals surface area contributed by atoms with Crippen LogP contribution >= 0.6 is 0 Å². The normalized spacial score (nSPS) is 10.8. The number of hydrogen-bond acceptors (Lipinski definition) is 7. The van der Waals surface area contributed by atoms with Crippen molar-refractivity contribution in [2.75, 3.05) is 5.32 Å². The average molecular weight is 435 g/mol. The van der Waals surface area contributed by atoms with E-state index in [1.165, 1.54) is 67.8 Å². The second-order valence-electron chi connectivity index (χ2n) is 6.41. The van der Waals surface area contributed by atoms with Crippen molar-refractivity contribution in [1.29, 1.82) is 0 Å². The number of nitro groups is 1. The van der Waals surface area contributed by atoms with Crippen LogP contribution in [-0.2, 0) is 9.59 Å². The molecule has 0 aliphatic rings. The first-order valence-electron chi connectivity index (χ1n) is 9.22. The monoisotopic (exact) mass is 435 g/mol. The van der Waals surface area contributed by atoms with E-state index < -0.39 is 22.7 Å². The van der Waals surface area contributed by atoms with Crippen LogP contribution in [0.3, 0.4) is 0 Å². The minimum atomic E-state index is -0.664. The Labute approximate surface area is 181 Å². The Bertz CT molecular complexity index is 1170. The summed E-state index contributed by atoms with van der Waals surface area (Å²) in [5, 5.41) is 15.8. The summed E-state index contributed by atoms with van der Waals surface area (Å²) >= 11 is 0. The zero-order valence-corrected chi connectivity index (χ0v) is 16.7. The summed E-state index contributed by atoms with van der Waals surface area (Å²) in [6, 6.07) is 14.5. The van der Waals surface area contributed by atoms with E-state index >= 15 is 0 Å². The maximum Gasteiger partial charge on any atom is 0.308 e. The smallest absolute Gasteiger partial charge is 0.308 e. The van der Waals surface area contributed by atoms with Crippen LogP contribution < -0.4 is 15.4 Å². The van der Waals surface area contributed by atoms with Crippen molar-refractivity contribution < 1.29 is 28.5 Å². The number of amides is 2. The first-order valence-corrected chi connectivity index (χ1v) is 9.22. The fourth-order valence-electron chi connectivity index (χ4n) is 2.58. The minimum absolute atomic E-state index is 0.00393. The molecule has 2 aromatic carbocycles. The molecule has 10 heteroatoms. The van der Waals surface area contributed by atoms with Gasteiger partial charge in [-0.2, -0.15) is 0 Å². The van der Waals surface area contributed by atoms with Crippen LogP contribution in [0.1, 0.15) is 23.0 Å². The Morgan fingerprint density at radius 3 is 2.28 bits per heavy atom. The SMILES string of the molecule is CC(=O)Oc1ccc(C=C(NC(=O)c2ccco2)C(=O)Nc2ccc([N+](=O)[O-])cc2)cc1. The molecule has 0 atom stereocenters. The number of anilines is 1. The van der Waals surface area contributed by atoms with Gasteiger partial charge in [0.15, 0.2) is 5.76 Å². The summed E-state index contributed by atoms with van der Waals surface area (Å²) in [4.78, 5) is 46.5. The van der Waals surface area contributed by atoms with Gasteiger partial charge in [0.05, 0.1) is 11.2 Å². The van der Waals surface area contributed by atoms with Gasteiger partial charge in [0, 0.05) is 24.7 Å². The van der Waals surface area contributed by atoms with Crippen LogP contribution in [-0.4, -0.2) is 22.7 Å². The topological polar surface area (TPSA) is 141 Å². The minimum Gasteiger partial charge on any atom is -0.459 e. The van der Waals surface area contributed by atoms with Crippen molar-refractivity contribution in [1.82, 2.24) is 5.32 Å². The van der Waals surface area contributed by atoms with Gasteiger partial charge in [-0.05, 0) is 48.0 Å². The zero-order chi connectivity index (χ0) is 23.1. The van der Waals surface area contributed by atoms with Crippen LogP contribution in [0.4, 0.5) is 11.4 Å². The maximum atomic E-state index is 12.8. The first kappa shape index (κ1) is 22.0. The number of ether oxygens (including phenoxy) is 1. The first-order chi connectivity index (χ1) is 15.3. The largest absolute Gasteiger partial charge is 0.459 e. The second-order valence-corrected chi connectivity index (χ2v) is 6.41. The van der Waals surface area contributed by atoms with Crippen LogP contribution in [0.15, 0.2) is 77.0 Å². The van der Waals surface area contributed by atoms with Crippen LogP contribution in [0.2, 0.25) is 0 Å². The fraction of sp³-hybridized carbons (Fsp3) is 0.0455. The van der Waals surface area contributed by atoms with Crippen molar-refractivity contribution in [3.8, 4) is 5.75 Å². The average Bonchev–Trinajstić information content (AvgIpc) is 3.29. The van der Waals surface area contributed by atoms with E-state index in [2.05, 4.69) is 10.6 Å². The molecule has 162 valence electrons. The van der Waals surface area contributed by atoms with E-state index in [0.717, 1.165) is 0 Å². The van der Waals surface area contributed by atoms with E-state index in [4.69, 9.17) is 9.15 Å². The third-order valence-corrected chi connectivity index (χ3v) is 4.03. The summed E-state index contributed by atoms with van der Waals surface area (Å²) in [6.07, 6.45) is 2.74. The molecule has 1 heterocycles. The maximum absolute atomic E-state index is 12.8.